The van der Waals surface area contributed by atoms with E-state index in [2.05, 4.69) is 29.0 Å². The zero-order valence-electron chi connectivity index (χ0n) is 10.5. The van der Waals surface area contributed by atoms with E-state index in [1.807, 2.05) is 0 Å². The van der Waals surface area contributed by atoms with Gasteiger partial charge in [-0.25, -0.2) is 4.98 Å². The molecular formula is C12H21ClN4. The molecule has 0 fully saturated rings. The number of halogens is 1. The van der Waals surface area contributed by atoms with Crippen LogP contribution >= 0.6 is 11.6 Å². The number of anilines is 2. The van der Waals surface area contributed by atoms with E-state index < -0.39 is 0 Å². The van der Waals surface area contributed by atoms with E-state index in [1.54, 1.807) is 12.1 Å². The van der Waals surface area contributed by atoms with E-state index in [0.29, 0.717) is 10.8 Å². The fourth-order valence-corrected chi connectivity index (χ4v) is 1.91. The predicted molar refractivity (Wildman–Crippen MR) is 74.6 cm³/mol. The Hall–Kier alpha value is -1.00. The molecule has 0 atom stereocenters. The molecule has 5 heteroatoms. The molecule has 4 nitrogen and oxygen atoms in total. The first-order chi connectivity index (χ1) is 8.15. The zero-order valence-corrected chi connectivity index (χ0v) is 11.3. The van der Waals surface area contributed by atoms with Crippen LogP contribution in [0.5, 0.6) is 0 Å². The Bertz CT molecular complexity index is 323. The summed E-state index contributed by atoms with van der Waals surface area (Å²) in [5.74, 6) is 0.738. The first kappa shape index (κ1) is 14.1. The highest BCUT2D eigenvalue weighted by molar-refractivity contribution is 6.29. The molecule has 3 N–H and O–H groups in total. The Balaban J connectivity index is 2.39. The fourth-order valence-electron chi connectivity index (χ4n) is 1.69. The van der Waals surface area contributed by atoms with Crippen LogP contribution in [0.1, 0.15) is 20.3 Å². The lowest BCUT2D eigenvalue weighted by Crippen LogP contribution is -2.29. The smallest absolute Gasteiger partial charge is 0.133 e. The van der Waals surface area contributed by atoms with Crippen LogP contribution in [0.25, 0.3) is 0 Å². The molecule has 0 aliphatic rings. The molecule has 0 unspecified atom stereocenters. The SMILES string of the molecule is CCCN(CC)CCNc1cc(N)cc(Cl)n1. The molecule has 1 aromatic rings. The lowest BCUT2D eigenvalue weighted by molar-refractivity contribution is 0.300. The van der Waals surface area contributed by atoms with E-state index in [1.165, 1.54) is 6.42 Å². The predicted octanol–water partition coefficient (Wildman–Crippen LogP) is 2.46. The summed E-state index contributed by atoms with van der Waals surface area (Å²) in [5, 5.41) is 3.66. The number of nitrogens with one attached hydrogen (secondary N) is 1. The average Bonchev–Trinajstić information content (AvgIpc) is 2.26. The van der Waals surface area contributed by atoms with Crippen molar-refractivity contribution in [3.63, 3.8) is 0 Å². The second kappa shape index (κ2) is 7.35. The number of pyridine rings is 1. The monoisotopic (exact) mass is 256 g/mol. The minimum Gasteiger partial charge on any atom is -0.399 e. The molecule has 0 aromatic carbocycles. The molecule has 0 aliphatic heterocycles. The highest BCUT2D eigenvalue weighted by Gasteiger charge is 2.02. The number of hydrogen-bond acceptors (Lipinski definition) is 4. The number of rotatable bonds is 7. The van der Waals surface area contributed by atoms with Crippen LogP contribution < -0.4 is 11.1 Å². The summed E-state index contributed by atoms with van der Waals surface area (Å²) in [6, 6.07) is 3.43. The molecule has 0 saturated heterocycles. The first-order valence-corrected chi connectivity index (χ1v) is 6.42. The summed E-state index contributed by atoms with van der Waals surface area (Å²) >= 11 is 5.83. The van der Waals surface area contributed by atoms with Gasteiger partial charge in [-0.05, 0) is 25.6 Å². The van der Waals surface area contributed by atoms with Gasteiger partial charge in [-0.1, -0.05) is 25.4 Å². The second-order valence-corrected chi connectivity index (χ2v) is 4.36. The summed E-state index contributed by atoms with van der Waals surface area (Å²) in [6.45, 7) is 8.41. The van der Waals surface area contributed by atoms with Crippen molar-refractivity contribution in [2.45, 2.75) is 20.3 Å². The summed E-state index contributed by atoms with van der Waals surface area (Å²) in [4.78, 5) is 6.55. The van der Waals surface area contributed by atoms with Gasteiger partial charge in [0.15, 0.2) is 0 Å². The molecule has 0 aliphatic carbocycles. The van der Waals surface area contributed by atoms with Crippen molar-refractivity contribution >= 4 is 23.1 Å². The summed E-state index contributed by atoms with van der Waals surface area (Å²) in [5.41, 5.74) is 6.32. The Morgan fingerprint density at radius 1 is 1.35 bits per heavy atom. The fraction of sp³-hybridized carbons (Fsp3) is 0.583. The third-order valence-electron chi connectivity index (χ3n) is 2.54. The van der Waals surface area contributed by atoms with Crippen molar-refractivity contribution < 1.29 is 0 Å². The van der Waals surface area contributed by atoms with Gasteiger partial charge in [0.25, 0.3) is 0 Å². The number of likely N-dealkylation sites (N-methyl/N-ethyl adjacent to an activating group) is 1. The molecule has 1 aromatic heterocycles. The maximum atomic E-state index is 5.83. The number of nitrogen functional groups attached to an aromatic ring is 1. The molecular weight excluding hydrogens is 236 g/mol. The molecule has 0 bridgehead atoms. The van der Waals surface area contributed by atoms with Gasteiger partial charge < -0.3 is 16.0 Å². The lowest BCUT2D eigenvalue weighted by Gasteiger charge is -2.19. The highest BCUT2D eigenvalue weighted by atomic mass is 35.5. The highest BCUT2D eigenvalue weighted by Crippen LogP contribution is 2.15. The number of aromatic nitrogens is 1. The van der Waals surface area contributed by atoms with Gasteiger partial charge in [0.05, 0.1) is 0 Å². The summed E-state index contributed by atoms with van der Waals surface area (Å²) in [6.07, 6.45) is 1.18. The standard InChI is InChI=1S/C12H21ClN4/c1-3-6-17(4-2)7-5-15-12-9-10(14)8-11(13)16-12/h8-9H,3-7H2,1-2H3,(H3,14,15,16). The minimum absolute atomic E-state index is 0.424. The van der Waals surface area contributed by atoms with Crippen LogP contribution in [0.3, 0.4) is 0 Å². The normalized spacial score (nSPS) is 10.8. The number of nitrogens with two attached hydrogens (primary N) is 1. The molecule has 0 spiro atoms. The van der Waals surface area contributed by atoms with E-state index in [0.717, 1.165) is 32.0 Å². The van der Waals surface area contributed by atoms with Gasteiger partial charge in [0.1, 0.15) is 11.0 Å². The molecule has 0 amide bonds. The molecule has 17 heavy (non-hydrogen) atoms. The van der Waals surface area contributed by atoms with Crippen molar-refractivity contribution in [1.82, 2.24) is 9.88 Å². The third-order valence-corrected chi connectivity index (χ3v) is 2.73. The van der Waals surface area contributed by atoms with Crippen LogP contribution in [-0.4, -0.2) is 36.1 Å². The Kier molecular flexibility index (Phi) is 6.08. The quantitative estimate of drug-likeness (QED) is 0.736. The van der Waals surface area contributed by atoms with Crippen LogP contribution in [0, 0.1) is 0 Å². The second-order valence-electron chi connectivity index (χ2n) is 3.97. The number of nitrogens with zero attached hydrogens (tertiary/aromatic N) is 2. The van der Waals surface area contributed by atoms with E-state index in [9.17, 15) is 0 Å². The molecule has 1 heterocycles. The minimum atomic E-state index is 0.424. The van der Waals surface area contributed by atoms with Crippen LogP contribution in [-0.2, 0) is 0 Å². The third kappa shape index (κ3) is 5.24. The van der Waals surface area contributed by atoms with Crippen molar-refractivity contribution in [3.8, 4) is 0 Å². The van der Waals surface area contributed by atoms with Crippen molar-refractivity contribution in [2.75, 3.05) is 37.2 Å². The van der Waals surface area contributed by atoms with Gasteiger partial charge in [-0.15, -0.1) is 0 Å². The Morgan fingerprint density at radius 3 is 2.71 bits per heavy atom. The van der Waals surface area contributed by atoms with Gasteiger partial charge in [-0.3, -0.25) is 0 Å². The maximum absolute atomic E-state index is 5.83. The summed E-state index contributed by atoms with van der Waals surface area (Å²) in [7, 11) is 0. The van der Waals surface area contributed by atoms with Crippen molar-refractivity contribution in [2.24, 2.45) is 0 Å². The van der Waals surface area contributed by atoms with E-state index in [-0.39, 0.29) is 0 Å². The Morgan fingerprint density at radius 2 is 2.12 bits per heavy atom. The van der Waals surface area contributed by atoms with Crippen LogP contribution in [0.4, 0.5) is 11.5 Å². The summed E-state index contributed by atoms with van der Waals surface area (Å²) < 4.78 is 0. The molecule has 96 valence electrons. The van der Waals surface area contributed by atoms with Gasteiger partial charge in [-0.2, -0.15) is 0 Å². The maximum Gasteiger partial charge on any atom is 0.133 e. The average molecular weight is 257 g/mol. The van der Waals surface area contributed by atoms with Crippen LogP contribution in [0.15, 0.2) is 12.1 Å². The van der Waals surface area contributed by atoms with Crippen LogP contribution in [0.2, 0.25) is 5.15 Å². The Labute approximate surface area is 108 Å². The van der Waals surface area contributed by atoms with Gasteiger partial charge >= 0.3 is 0 Å². The number of hydrogen-bond donors (Lipinski definition) is 2. The molecule has 0 radical (unpaired) electrons. The van der Waals surface area contributed by atoms with Gasteiger partial charge in [0, 0.05) is 24.8 Å². The first-order valence-electron chi connectivity index (χ1n) is 6.05. The van der Waals surface area contributed by atoms with Gasteiger partial charge in [0.2, 0.25) is 0 Å². The molecule has 0 saturated carbocycles. The zero-order chi connectivity index (χ0) is 12.7. The van der Waals surface area contributed by atoms with E-state index >= 15 is 0 Å². The van der Waals surface area contributed by atoms with E-state index in [4.69, 9.17) is 17.3 Å². The molecule has 1 rings (SSSR count). The van der Waals surface area contributed by atoms with Crippen molar-refractivity contribution in [3.05, 3.63) is 17.3 Å². The van der Waals surface area contributed by atoms with Crippen molar-refractivity contribution in [1.29, 1.82) is 0 Å². The lowest BCUT2D eigenvalue weighted by atomic mass is 10.3. The topological polar surface area (TPSA) is 54.2 Å². The largest absolute Gasteiger partial charge is 0.399 e.